The minimum absolute atomic E-state index is 0.167. The van der Waals surface area contributed by atoms with Gasteiger partial charge in [-0.05, 0) is 35.9 Å². The molecule has 0 amide bonds. The average molecular weight is 307 g/mol. The zero-order valence-corrected chi connectivity index (χ0v) is 12.2. The molecule has 4 aromatic rings. The molecular weight excluding hydrogens is 293 g/mol. The Bertz CT molecular complexity index is 1020. The molecule has 4 N–H and O–H groups in total. The van der Waals surface area contributed by atoms with Crippen molar-refractivity contribution in [3.63, 3.8) is 0 Å². The third kappa shape index (κ3) is 2.24. The van der Waals surface area contributed by atoms with E-state index in [1.807, 2.05) is 24.4 Å². The van der Waals surface area contributed by atoms with Gasteiger partial charge in [-0.3, -0.25) is 0 Å². The van der Waals surface area contributed by atoms with Crippen molar-refractivity contribution in [2.24, 2.45) is 0 Å². The first-order valence-electron chi connectivity index (χ1n) is 7.17. The van der Waals surface area contributed by atoms with Gasteiger partial charge in [0.15, 0.2) is 0 Å². The first-order chi connectivity index (χ1) is 11.1. The van der Waals surface area contributed by atoms with Crippen LogP contribution >= 0.6 is 0 Å². The third-order valence-corrected chi connectivity index (χ3v) is 3.92. The van der Waals surface area contributed by atoms with E-state index in [0.717, 1.165) is 27.4 Å². The lowest BCUT2D eigenvalue weighted by atomic mass is 10.1. The molecule has 0 spiro atoms. The van der Waals surface area contributed by atoms with Crippen molar-refractivity contribution < 1.29 is 4.39 Å². The van der Waals surface area contributed by atoms with Gasteiger partial charge in [-0.2, -0.15) is 4.98 Å². The lowest BCUT2D eigenvalue weighted by Gasteiger charge is -2.08. The van der Waals surface area contributed by atoms with Gasteiger partial charge in [0.1, 0.15) is 11.6 Å². The molecule has 0 atom stereocenters. The van der Waals surface area contributed by atoms with E-state index in [0.29, 0.717) is 12.4 Å². The van der Waals surface area contributed by atoms with E-state index in [-0.39, 0.29) is 11.8 Å². The van der Waals surface area contributed by atoms with Crippen LogP contribution in [0.25, 0.3) is 21.8 Å². The molecule has 0 aliphatic rings. The van der Waals surface area contributed by atoms with Crippen LogP contribution in [0.4, 0.5) is 16.2 Å². The molecule has 0 radical (unpaired) electrons. The first kappa shape index (κ1) is 13.5. The van der Waals surface area contributed by atoms with Crippen LogP contribution in [0, 0.1) is 5.82 Å². The summed E-state index contributed by atoms with van der Waals surface area (Å²) in [4.78, 5) is 8.27. The van der Waals surface area contributed by atoms with Gasteiger partial charge in [-0.25, -0.2) is 9.37 Å². The highest BCUT2D eigenvalue weighted by Gasteiger charge is 2.11. The van der Waals surface area contributed by atoms with E-state index in [1.54, 1.807) is 12.1 Å². The minimum atomic E-state index is -0.236. The number of hydrogen-bond acceptors (Lipinski definition) is 4. The van der Waals surface area contributed by atoms with Gasteiger partial charge < -0.3 is 16.0 Å². The van der Waals surface area contributed by atoms with E-state index < -0.39 is 0 Å². The number of anilines is 2. The van der Waals surface area contributed by atoms with Crippen LogP contribution < -0.4 is 11.5 Å². The number of hydrogen-bond donors (Lipinski definition) is 2. The third-order valence-electron chi connectivity index (χ3n) is 3.92. The monoisotopic (exact) mass is 307 g/mol. The largest absolute Gasteiger partial charge is 0.383 e. The molecule has 0 saturated heterocycles. The van der Waals surface area contributed by atoms with Gasteiger partial charge in [0.2, 0.25) is 5.95 Å². The van der Waals surface area contributed by atoms with Crippen molar-refractivity contribution in [1.29, 1.82) is 0 Å². The molecule has 2 aromatic heterocycles. The summed E-state index contributed by atoms with van der Waals surface area (Å²) >= 11 is 0. The Hall–Kier alpha value is -3.15. The summed E-state index contributed by atoms with van der Waals surface area (Å²) in [5.74, 6) is 0.303. The highest BCUT2D eigenvalue weighted by Crippen LogP contribution is 2.29. The topological polar surface area (TPSA) is 82.7 Å². The lowest BCUT2D eigenvalue weighted by molar-refractivity contribution is 0.626. The van der Waals surface area contributed by atoms with Crippen molar-refractivity contribution in [2.75, 3.05) is 11.5 Å². The number of halogens is 1. The fourth-order valence-corrected chi connectivity index (χ4v) is 2.88. The number of nitrogens with two attached hydrogens (primary N) is 2. The normalized spacial score (nSPS) is 11.3. The number of rotatable bonds is 2. The minimum Gasteiger partial charge on any atom is -0.383 e. The second-order valence-corrected chi connectivity index (χ2v) is 5.43. The number of nitrogens with zero attached hydrogens (tertiary/aromatic N) is 3. The van der Waals surface area contributed by atoms with Gasteiger partial charge in [-0.1, -0.05) is 12.1 Å². The quantitative estimate of drug-likeness (QED) is 0.596. The van der Waals surface area contributed by atoms with Crippen LogP contribution in [0.5, 0.6) is 0 Å². The smallest absolute Gasteiger partial charge is 0.222 e. The van der Waals surface area contributed by atoms with Crippen LogP contribution in [-0.2, 0) is 6.54 Å². The van der Waals surface area contributed by atoms with E-state index in [2.05, 4.69) is 14.5 Å². The summed E-state index contributed by atoms with van der Waals surface area (Å²) in [6.07, 6.45) is 1.98. The van der Waals surface area contributed by atoms with E-state index in [9.17, 15) is 4.39 Å². The van der Waals surface area contributed by atoms with E-state index in [4.69, 9.17) is 11.5 Å². The van der Waals surface area contributed by atoms with Crippen molar-refractivity contribution in [2.45, 2.75) is 6.54 Å². The lowest BCUT2D eigenvalue weighted by Crippen LogP contribution is -2.01. The van der Waals surface area contributed by atoms with Gasteiger partial charge >= 0.3 is 0 Å². The molecule has 2 aromatic carbocycles. The molecule has 0 aliphatic carbocycles. The van der Waals surface area contributed by atoms with Crippen molar-refractivity contribution >= 4 is 33.6 Å². The Morgan fingerprint density at radius 3 is 2.52 bits per heavy atom. The molecule has 0 aliphatic heterocycles. The average Bonchev–Trinajstić information content (AvgIpc) is 2.92. The molecule has 6 heteroatoms. The Morgan fingerprint density at radius 1 is 0.957 bits per heavy atom. The summed E-state index contributed by atoms with van der Waals surface area (Å²) in [5, 5.41) is 1.77. The van der Waals surface area contributed by atoms with Crippen LogP contribution in [0.1, 0.15) is 5.56 Å². The predicted octanol–water partition coefficient (Wildman–Crippen LogP) is 2.94. The van der Waals surface area contributed by atoms with Gasteiger partial charge in [-0.15, -0.1) is 0 Å². The summed E-state index contributed by atoms with van der Waals surface area (Å²) in [7, 11) is 0. The highest BCUT2D eigenvalue weighted by molar-refractivity contribution is 6.10. The van der Waals surface area contributed by atoms with E-state index >= 15 is 0 Å². The van der Waals surface area contributed by atoms with E-state index in [1.165, 1.54) is 12.1 Å². The molecule has 0 saturated carbocycles. The fourth-order valence-electron chi connectivity index (χ4n) is 2.88. The zero-order chi connectivity index (χ0) is 16.0. The van der Waals surface area contributed by atoms with Crippen molar-refractivity contribution in [1.82, 2.24) is 14.5 Å². The molecular formula is C17H14FN5. The summed E-state index contributed by atoms with van der Waals surface area (Å²) in [6, 6.07) is 12.3. The molecule has 2 heterocycles. The van der Waals surface area contributed by atoms with Crippen LogP contribution in [-0.4, -0.2) is 14.5 Å². The molecule has 0 fully saturated rings. The predicted molar refractivity (Wildman–Crippen MR) is 89.4 cm³/mol. The first-order valence-corrected chi connectivity index (χ1v) is 7.17. The summed E-state index contributed by atoms with van der Waals surface area (Å²) < 4.78 is 15.1. The molecule has 4 rings (SSSR count). The van der Waals surface area contributed by atoms with Gasteiger partial charge in [0.25, 0.3) is 0 Å². The van der Waals surface area contributed by atoms with Gasteiger partial charge in [0.05, 0.1) is 10.9 Å². The number of fused-ring (bicyclic) bond motifs is 3. The maximum absolute atomic E-state index is 13.0. The van der Waals surface area contributed by atoms with Crippen LogP contribution in [0.3, 0.4) is 0 Å². The number of aromatic nitrogens is 3. The van der Waals surface area contributed by atoms with Crippen molar-refractivity contribution in [3.8, 4) is 0 Å². The number of nitrogen functional groups attached to an aromatic ring is 2. The Labute approximate surface area is 131 Å². The van der Waals surface area contributed by atoms with Crippen LogP contribution in [0.2, 0.25) is 0 Å². The Morgan fingerprint density at radius 2 is 1.74 bits per heavy atom. The molecule has 0 unspecified atom stereocenters. The van der Waals surface area contributed by atoms with Crippen LogP contribution in [0.15, 0.2) is 48.7 Å². The number of benzene rings is 2. The molecule has 0 bridgehead atoms. The fraction of sp³-hybridized carbons (Fsp3) is 0.0588. The standard InChI is InChI=1S/C17H14FN5/c18-11-3-1-10(2-4-11)9-23-8-7-12-14(23)6-5-13-15(12)16(19)22-17(20)21-13/h1-8H,9H2,(H4,19,20,21,22). The second kappa shape index (κ2) is 4.95. The second-order valence-electron chi connectivity index (χ2n) is 5.43. The summed E-state index contributed by atoms with van der Waals surface area (Å²) in [6.45, 7) is 0.644. The Balaban J connectivity index is 1.86. The zero-order valence-electron chi connectivity index (χ0n) is 12.2. The SMILES string of the molecule is Nc1nc(N)c2c(ccc3c2ccn3Cc2ccc(F)cc2)n1. The molecule has 114 valence electrons. The summed E-state index contributed by atoms with van der Waals surface area (Å²) in [5.41, 5.74) is 14.4. The molecule has 23 heavy (non-hydrogen) atoms. The highest BCUT2D eigenvalue weighted by atomic mass is 19.1. The molecule has 5 nitrogen and oxygen atoms in total. The maximum atomic E-state index is 13.0. The Kier molecular flexibility index (Phi) is 2.90. The van der Waals surface area contributed by atoms with Gasteiger partial charge in [0, 0.05) is 23.6 Å². The van der Waals surface area contributed by atoms with Crippen molar-refractivity contribution in [3.05, 3.63) is 60.0 Å². The maximum Gasteiger partial charge on any atom is 0.222 e.